The summed E-state index contributed by atoms with van der Waals surface area (Å²) in [6.45, 7) is 0.221. The van der Waals surface area contributed by atoms with Crippen molar-refractivity contribution in [1.82, 2.24) is 10.3 Å². The number of hydrogen-bond acceptors (Lipinski definition) is 3. The maximum atomic E-state index is 12.0. The Morgan fingerprint density at radius 3 is 2.70 bits per heavy atom. The lowest BCUT2D eigenvalue weighted by Crippen LogP contribution is -2.23. The molecule has 0 atom stereocenters. The molecule has 0 aliphatic carbocycles. The lowest BCUT2D eigenvalue weighted by Gasteiger charge is -2.04. The average molecular weight is 287 g/mol. The highest BCUT2D eigenvalue weighted by Gasteiger charge is 2.11. The van der Waals surface area contributed by atoms with Crippen LogP contribution in [0.3, 0.4) is 0 Å². The van der Waals surface area contributed by atoms with Gasteiger partial charge in [-0.05, 0) is 24.3 Å². The van der Waals surface area contributed by atoms with Gasteiger partial charge in [0.2, 0.25) is 5.89 Å². The molecule has 0 saturated heterocycles. The maximum absolute atomic E-state index is 12.0. The SMILES string of the molecule is O=C(NCc1nc2ccccc2o1)c1ccccc1Cl. The van der Waals surface area contributed by atoms with Crippen molar-refractivity contribution in [2.45, 2.75) is 6.54 Å². The zero-order valence-electron chi connectivity index (χ0n) is 10.5. The molecular weight excluding hydrogens is 276 g/mol. The van der Waals surface area contributed by atoms with E-state index in [2.05, 4.69) is 10.3 Å². The normalized spacial score (nSPS) is 10.7. The molecule has 3 rings (SSSR count). The summed E-state index contributed by atoms with van der Waals surface area (Å²) in [5.74, 6) is 0.212. The van der Waals surface area contributed by atoms with Crippen molar-refractivity contribution in [2.24, 2.45) is 0 Å². The van der Waals surface area contributed by atoms with Crippen LogP contribution in [0.4, 0.5) is 0 Å². The summed E-state index contributed by atoms with van der Waals surface area (Å²) < 4.78 is 5.53. The molecule has 0 radical (unpaired) electrons. The molecule has 0 aliphatic rings. The number of amides is 1. The summed E-state index contributed by atoms with van der Waals surface area (Å²) in [7, 11) is 0. The fraction of sp³-hybridized carbons (Fsp3) is 0.0667. The molecule has 0 bridgehead atoms. The smallest absolute Gasteiger partial charge is 0.253 e. The second-order valence-corrected chi connectivity index (χ2v) is 4.65. The van der Waals surface area contributed by atoms with Gasteiger partial charge in [0.1, 0.15) is 5.52 Å². The number of oxazole rings is 1. The minimum atomic E-state index is -0.252. The van der Waals surface area contributed by atoms with E-state index in [-0.39, 0.29) is 12.5 Å². The van der Waals surface area contributed by atoms with Crippen LogP contribution in [-0.4, -0.2) is 10.9 Å². The zero-order chi connectivity index (χ0) is 13.9. The van der Waals surface area contributed by atoms with Crippen LogP contribution in [0.25, 0.3) is 11.1 Å². The van der Waals surface area contributed by atoms with E-state index in [1.807, 2.05) is 24.3 Å². The molecule has 0 fully saturated rings. The Balaban J connectivity index is 1.73. The Hall–Kier alpha value is -2.33. The van der Waals surface area contributed by atoms with Crippen molar-refractivity contribution >= 4 is 28.6 Å². The minimum absolute atomic E-state index is 0.221. The number of rotatable bonds is 3. The molecule has 2 aromatic carbocycles. The van der Waals surface area contributed by atoms with Crippen LogP contribution in [0.2, 0.25) is 5.02 Å². The molecule has 5 heteroatoms. The fourth-order valence-electron chi connectivity index (χ4n) is 1.89. The second kappa shape index (κ2) is 5.35. The third-order valence-corrected chi connectivity index (χ3v) is 3.19. The molecule has 0 saturated carbocycles. The van der Waals surface area contributed by atoms with Gasteiger partial charge in [-0.3, -0.25) is 4.79 Å². The fourth-order valence-corrected chi connectivity index (χ4v) is 2.11. The number of para-hydroxylation sites is 2. The standard InChI is InChI=1S/C15H11ClN2O2/c16-11-6-2-1-5-10(11)15(19)17-9-14-18-12-7-3-4-8-13(12)20-14/h1-8H,9H2,(H,17,19). The number of carbonyl (C=O) groups excluding carboxylic acids is 1. The number of fused-ring (bicyclic) bond motifs is 1. The minimum Gasteiger partial charge on any atom is -0.439 e. The number of hydrogen-bond donors (Lipinski definition) is 1. The summed E-state index contributed by atoms with van der Waals surface area (Å²) in [5.41, 5.74) is 1.91. The topological polar surface area (TPSA) is 55.1 Å². The third-order valence-electron chi connectivity index (χ3n) is 2.86. The Morgan fingerprint density at radius 1 is 1.15 bits per heavy atom. The Kier molecular flexibility index (Phi) is 3.39. The molecule has 1 amide bonds. The van der Waals surface area contributed by atoms with Gasteiger partial charge in [-0.15, -0.1) is 0 Å². The van der Waals surface area contributed by atoms with Gasteiger partial charge < -0.3 is 9.73 Å². The van der Waals surface area contributed by atoms with E-state index < -0.39 is 0 Å². The second-order valence-electron chi connectivity index (χ2n) is 4.24. The van der Waals surface area contributed by atoms with Crippen LogP contribution in [0.15, 0.2) is 52.9 Å². The van der Waals surface area contributed by atoms with Crippen molar-refractivity contribution in [3.05, 3.63) is 65.0 Å². The van der Waals surface area contributed by atoms with Crippen molar-refractivity contribution in [3.63, 3.8) is 0 Å². The predicted molar refractivity (Wildman–Crippen MR) is 76.6 cm³/mol. The zero-order valence-corrected chi connectivity index (χ0v) is 11.2. The van der Waals surface area contributed by atoms with Crippen LogP contribution in [-0.2, 0) is 6.54 Å². The van der Waals surface area contributed by atoms with Crippen LogP contribution >= 0.6 is 11.6 Å². The molecule has 1 heterocycles. The first-order valence-electron chi connectivity index (χ1n) is 6.11. The van der Waals surface area contributed by atoms with Gasteiger partial charge in [-0.2, -0.15) is 0 Å². The van der Waals surface area contributed by atoms with Crippen molar-refractivity contribution in [2.75, 3.05) is 0 Å². The Morgan fingerprint density at radius 2 is 1.90 bits per heavy atom. The number of aromatic nitrogens is 1. The average Bonchev–Trinajstić information content (AvgIpc) is 2.88. The van der Waals surface area contributed by atoms with E-state index in [1.165, 1.54) is 0 Å². The van der Waals surface area contributed by atoms with Crippen LogP contribution in [0.5, 0.6) is 0 Å². The summed E-state index contributed by atoms with van der Waals surface area (Å²) in [4.78, 5) is 16.3. The van der Waals surface area contributed by atoms with E-state index in [0.717, 1.165) is 5.52 Å². The van der Waals surface area contributed by atoms with E-state index in [0.29, 0.717) is 22.1 Å². The van der Waals surface area contributed by atoms with Gasteiger partial charge in [0, 0.05) is 0 Å². The number of halogens is 1. The van der Waals surface area contributed by atoms with Gasteiger partial charge in [0.25, 0.3) is 5.91 Å². The molecule has 3 aromatic rings. The lowest BCUT2D eigenvalue weighted by molar-refractivity contribution is 0.0947. The molecule has 1 N–H and O–H groups in total. The van der Waals surface area contributed by atoms with Crippen molar-refractivity contribution < 1.29 is 9.21 Å². The van der Waals surface area contributed by atoms with Crippen LogP contribution < -0.4 is 5.32 Å². The number of nitrogens with one attached hydrogen (secondary N) is 1. The summed E-state index contributed by atoms with van der Waals surface area (Å²) in [6.07, 6.45) is 0. The quantitative estimate of drug-likeness (QED) is 0.803. The molecule has 100 valence electrons. The highest BCUT2D eigenvalue weighted by molar-refractivity contribution is 6.33. The molecule has 0 unspecified atom stereocenters. The maximum Gasteiger partial charge on any atom is 0.253 e. The van der Waals surface area contributed by atoms with Gasteiger partial charge in [0.05, 0.1) is 17.1 Å². The molecule has 0 aliphatic heterocycles. The Labute approximate surface area is 120 Å². The molecule has 0 spiro atoms. The Bertz CT molecular complexity index is 734. The van der Waals surface area contributed by atoms with Gasteiger partial charge >= 0.3 is 0 Å². The molecule has 1 aromatic heterocycles. The van der Waals surface area contributed by atoms with E-state index >= 15 is 0 Å². The number of carbonyl (C=O) groups is 1. The van der Waals surface area contributed by atoms with E-state index in [1.54, 1.807) is 24.3 Å². The number of nitrogens with zero attached hydrogens (tertiary/aromatic N) is 1. The van der Waals surface area contributed by atoms with Crippen molar-refractivity contribution in [1.29, 1.82) is 0 Å². The van der Waals surface area contributed by atoms with E-state index in [9.17, 15) is 4.79 Å². The van der Waals surface area contributed by atoms with Gasteiger partial charge in [-0.25, -0.2) is 4.98 Å². The highest BCUT2D eigenvalue weighted by Crippen LogP contribution is 2.16. The first-order chi connectivity index (χ1) is 9.74. The van der Waals surface area contributed by atoms with Crippen LogP contribution in [0, 0.1) is 0 Å². The van der Waals surface area contributed by atoms with Crippen LogP contribution in [0.1, 0.15) is 16.2 Å². The highest BCUT2D eigenvalue weighted by atomic mass is 35.5. The summed E-state index contributed by atoms with van der Waals surface area (Å²) in [6, 6.07) is 14.3. The van der Waals surface area contributed by atoms with Gasteiger partial charge in [-0.1, -0.05) is 35.9 Å². The van der Waals surface area contributed by atoms with Gasteiger partial charge in [0.15, 0.2) is 5.58 Å². The predicted octanol–water partition coefficient (Wildman–Crippen LogP) is 3.41. The molecule has 20 heavy (non-hydrogen) atoms. The third kappa shape index (κ3) is 2.51. The summed E-state index contributed by atoms with van der Waals surface area (Å²) in [5, 5.41) is 3.16. The lowest BCUT2D eigenvalue weighted by atomic mass is 10.2. The number of benzene rings is 2. The first kappa shape index (κ1) is 12.7. The first-order valence-corrected chi connectivity index (χ1v) is 6.49. The largest absolute Gasteiger partial charge is 0.439 e. The van der Waals surface area contributed by atoms with Crippen molar-refractivity contribution in [3.8, 4) is 0 Å². The monoisotopic (exact) mass is 286 g/mol. The molecular formula is C15H11ClN2O2. The molecule has 4 nitrogen and oxygen atoms in total. The van der Waals surface area contributed by atoms with E-state index in [4.69, 9.17) is 16.0 Å². The summed E-state index contributed by atoms with van der Waals surface area (Å²) >= 11 is 5.97.